The molecule has 1 aromatic carbocycles. The molecule has 0 fully saturated rings. The molecule has 0 N–H and O–H groups in total. The molecule has 0 aromatic heterocycles. The summed E-state index contributed by atoms with van der Waals surface area (Å²) in [4.78, 5) is 18.7. The number of unbranched alkanes of at least 4 members (excludes halogenated alkanes) is 2. The largest absolute Gasteiger partial charge is 0.372 e. The summed E-state index contributed by atoms with van der Waals surface area (Å²) in [5, 5.41) is 0.0379. The van der Waals surface area contributed by atoms with Crippen LogP contribution in [0.5, 0.6) is 0 Å². The Balaban J connectivity index is 2.11. The number of thioether (sulfide) groups is 2. The Hall–Kier alpha value is -1.20. The van der Waals surface area contributed by atoms with Gasteiger partial charge in [0.1, 0.15) is 10.1 Å². The molecule has 130 valence electrons. The van der Waals surface area contributed by atoms with Gasteiger partial charge < -0.3 is 4.90 Å². The predicted molar refractivity (Wildman–Crippen MR) is 110 cm³/mol. The number of benzene rings is 1. The van der Waals surface area contributed by atoms with Crippen molar-refractivity contribution in [1.29, 1.82) is 0 Å². The maximum absolute atomic E-state index is 11.9. The third kappa shape index (κ3) is 5.42. The van der Waals surface area contributed by atoms with Crippen molar-refractivity contribution in [3.63, 3.8) is 0 Å². The average molecular weight is 363 g/mol. The molecule has 1 heterocycles. The number of nitrogens with zero attached hydrogens (tertiary/aromatic N) is 2. The Labute approximate surface area is 154 Å². The molecule has 1 aliphatic rings. The minimum absolute atomic E-state index is 0.0379. The molecule has 0 bridgehead atoms. The Kier molecular flexibility index (Phi) is 7.92. The fourth-order valence-corrected chi connectivity index (χ4v) is 3.75. The van der Waals surface area contributed by atoms with Crippen molar-refractivity contribution in [2.75, 3.05) is 24.2 Å². The van der Waals surface area contributed by atoms with Crippen molar-refractivity contribution in [1.82, 2.24) is 0 Å². The topological polar surface area (TPSA) is 32.7 Å². The van der Waals surface area contributed by atoms with E-state index in [0.717, 1.165) is 23.0 Å². The molecule has 24 heavy (non-hydrogen) atoms. The monoisotopic (exact) mass is 362 g/mol. The van der Waals surface area contributed by atoms with Gasteiger partial charge in [0, 0.05) is 18.8 Å². The number of carbonyl (C=O) groups is 1. The lowest BCUT2D eigenvalue weighted by Crippen LogP contribution is -2.25. The first-order valence-electron chi connectivity index (χ1n) is 8.59. The third-order valence-electron chi connectivity index (χ3n) is 3.90. The molecule has 0 amide bonds. The molecular formula is C19H26N2OS2. The smallest absolute Gasteiger partial charge is 0.244 e. The molecule has 2 rings (SSSR count). The van der Waals surface area contributed by atoms with Gasteiger partial charge in [-0.15, -0.1) is 11.8 Å². The van der Waals surface area contributed by atoms with E-state index in [1.165, 1.54) is 54.9 Å². The SMILES string of the molecule is CCCCN(CCCC)c1ccc(/C=C2/N=C(SC)SC2=O)cc1. The highest BCUT2D eigenvalue weighted by atomic mass is 32.2. The van der Waals surface area contributed by atoms with Crippen molar-refractivity contribution in [2.24, 2.45) is 4.99 Å². The Morgan fingerprint density at radius 1 is 1.12 bits per heavy atom. The van der Waals surface area contributed by atoms with Crippen LogP contribution in [0.25, 0.3) is 6.08 Å². The van der Waals surface area contributed by atoms with Crippen molar-refractivity contribution in [3.05, 3.63) is 35.5 Å². The summed E-state index contributed by atoms with van der Waals surface area (Å²) in [6, 6.07) is 8.47. The van der Waals surface area contributed by atoms with Crippen LogP contribution in [0.2, 0.25) is 0 Å². The van der Waals surface area contributed by atoms with Crippen LogP contribution in [-0.2, 0) is 4.79 Å². The van der Waals surface area contributed by atoms with Crippen LogP contribution >= 0.6 is 23.5 Å². The second-order valence-electron chi connectivity index (χ2n) is 5.79. The van der Waals surface area contributed by atoms with Gasteiger partial charge in [-0.25, -0.2) is 4.99 Å². The molecular weight excluding hydrogens is 336 g/mol. The normalized spacial score (nSPS) is 15.9. The number of anilines is 1. The molecule has 0 saturated heterocycles. The zero-order valence-corrected chi connectivity index (χ0v) is 16.4. The predicted octanol–water partition coefficient (Wildman–Crippen LogP) is 5.43. The molecule has 0 atom stereocenters. The van der Waals surface area contributed by atoms with Gasteiger partial charge in [-0.2, -0.15) is 0 Å². The number of aliphatic imine (C=N–C) groups is 1. The van der Waals surface area contributed by atoms with E-state index in [-0.39, 0.29) is 5.12 Å². The summed E-state index contributed by atoms with van der Waals surface area (Å²) in [6.07, 6.45) is 8.67. The molecule has 0 unspecified atom stereocenters. The van der Waals surface area contributed by atoms with E-state index in [1.807, 2.05) is 12.3 Å². The van der Waals surface area contributed by atoms with Crippen molar-refractivity contribution >= 4 is 44.8 Å². The van der Waals surface area contributed by atoms with E-state index in [9.17, 15) is 4.79 Å². The zero-order chi connectivity index (χ0) is 17.4. The van der Waals surface area contributed by atoms with Crippen LogP contribution in [0.15, 0.2) is 35.0 Å². The maximum Gasteiger partial charge on any atom is 0.244 e. The molecule has 0 saturated carbocycles. The van der Waals surface area contributed by atoms with E-state index >= 15 is 0 Å². The van der Waals surface area contributed by atoms with E-state index < -0.39 is 0 Å². The lowest BCUT2D eigenvalue weighted by Gasteiger charge is -2.24. The summed E-state index contributed by atoms with van der Waals surface area (Å²) < 4.78 is 0.827. The Morgan fingerprint density at radius 3 is 2.25 bits per heavy atom. The van der Waals surface area contributed by atoms with Crippen LogP contribution in [-0.4, -0.2) is 28.8 Å². The second-order valence-corrected chi connectivity index (χ2v) is 7.80. The van der Waals surface area contributed by atoms with Crippen molar-refractivity contribution < 1.29 is 4.79 Å². The summed E-state index contributed by atoms with van der Waals surface area (Å²) in [7, 11) is 0. The third-order valence-corrected chi connectivity index (χ3v) is 5.75. The zero-order valence-electron chi connectivity index (χ0n) is 14.7. The molecule has 5 heteroatoms. The van der Waals surface area contributed by atoms with E-state index in [1.54, 1.807) is 0 Å². The van der Waals surface area contributed by atoms with Crippen LogP contribution in [0.3, 0.4) is 0 Å². The van der Waals surface area contributed by atoms with Gasteiger partial charge in [0.25, 0.3) is 0 Å². The van der Waals surface area contributed by atoms with Crippen LogP contribution in [0.1, 0.15) is 45.1 Å². The summed E-state index contributed by atoms with van der Waals surface area (Å²) in [5.74, 6) is 0. The fraction of sp³-hybridized carbons (Fsp3) is 0.474. The molecule has 3 nitrogen and oxygen atoms in total. The summed E-state index contributed by atoms with van der Waals surface area (Å²) in [5.41, 5.74) is 2.84. The van der Waals surface area contributed by atoms with Gasteiger partial charge >= 0.3 is 0 Å². The molecule has 0 spiro atoms. The summed E-state index contributed by atoms with van der Waals surface area (Å²) >= 11 is 2.73. The fourth-order valence-electron chi connectivity index (χ4n) is 2.48. The maximum atomic E-state index is 11.9. The van der Waals surface area contributed by atoms with E-state index in [2.05, 4.69) is 48.0 Å². The van der Waals surface area contributed by atoms with Crippen molar-refractivity contribution in [2.45, 2.75) is 39.5 Å². The van der Waals surface area contributed by atoms with Gasteiger partial charge in [-0.1, -0.05) is 38.8 Å². The Bertz CT molecular complexity index is 600. The summed E-state index contributed by atoms with van der Waals surface area (Å²) in [6.45, 7) is 6.67. The second kappa shape index (κ2) is 9.94. The lowest BCUT2D eigenvalue weighted by molar-refractivity contribution is -0.107. The lowest BCUT2D eigenvalue weighted by atomic mass is 10.1. The highest BCUT2D eigenvalue weighted by molar-refractivity contribution is 8.45. The molecule has 1 aromatic rings. The highest BCUT2D eigenvalue weighted by Crippen LogP contribution is 2.30. The minimum Gasteiger partial charge on any atom is -0.372 e. The van der Waals surface area contributed by atoms with Crippen LogP contribution in [0, 0.1) is 0 Å². The quantitative estimate of drug-likeness (QED) is 0.578. The van der Waals surface area contributed by atoms with Gasteiger partial charge in [0.05, 0.1) is 0 Å². The first kappa shape index (κ1) is 19.1. The first-order chi connectivity index (χ1) is 11.7. The van der Waals surface area contributed by atoms with Gasteiger partial charge in [0.15, 0.2) is 0 Å². The molecule has 0 radical (unpaired) electrons. The van der Waals surface area contributed by atoms with E-state index in [0.29, 0.717) is 5.70 Å². The van der Waals surface area contributed by atoms with Crippen LogP contribution in [0.4, 0.5) is 5.69 Å². The Morgan fingerprint density at radius 2 is 1.75 bits per heavy atom. The first-order valence-corrected chi connectivity index (χ1v) is 10.6. The number of hydrogen-bond donors (Lipinski definition) is 0. The van der Waals surface area contributed by atoms with Crippen LogP contribution < -0.4 is 4.90 Å². The number of hydrogen-bond acceptors (Lipinski definition) is 5. The molecule has 0 aliphatic carbocycles. The number of rotatable bonds is 8. The number of carbonyl (C=O) groups excluding carboxylic acids is 1. The standard InChI is InChI=1S/C19H26N2OS2/c1-4-6-12-21(13-7-5-2)16-10-8-15(9-11-16)14-17-18(22)24-19(20-17)23-3/h8-11,14H,4-7,12-13H2,1-3H3/b17-14+. The van der Waals surface area contributed by atoms with E-state index in [4.69, 9.17) is 0 Å². The van der Waals surface area contributed by atoms with Crippen molar-refractivity contribution in [3.8, 4) is 0 Å². The van der Waals surface area contributed by atoms with Gasteiger partial charge in [-0.3, -0.25) is 4.79 Å². The van der Waals surface area contributed by atoms with Gasteiger partial charge in [-0.05, 0) is 54.6 Å². The minimum atomic E-state index is 0.0379. The average Bonchev–Trinajstić information content (AvgIpc) is 2.96. The van der Waals surface area contributed by atoms with Gasteiger partial charge in [0.2, 0.25) is 5.12 Å². The highest BCUT2D eigenvalue weighted by Gasteiger charge is 2.21. The molecule has 1 aliphatic heterocycles.